The molecule has 0 aromatic heterocycles. The van der Waals surface area contributed by atoms with Crippen LogP contribution in [0.2, 0.25) is 5.02 Å². The Morgan fingerprint density at radius 3 is 2.26 bits per heavy atom. The molecular formula is C24H26ClN3O3. The molecule has 2 aromatic carbocycles. The average molecular weight is 440 g/mol. The lowest BCUT2D eigenvalue weighted by molar-refractivity contribution is -0.141. The molecule has 4 rings (SSSR count). The predicted molar refractivity (Wildman–Crippen MR) is 119 cm³/mol. The first-order valence-electron chi connectivity index (χ1n) is 10.7. The summed E-state index contributed by atoms with van der Waals surface area (Å²) in [6.07, 6.45) is 2.77. The van der Waals surface area contributed by atoms with Gasteiger partial charge < -0.3 is 15.1 Å². The molecule has 162 valence electrons. The number of halogens is 1. The van der Waals surface area contributed by atoms with Crippen LogP contribution in [0.3, 0.4) is 0 Å². The Bertz CT molecular complexity index is 966. The summed E-state index contributed by atoms with van der Waals surface area (Å²) in [4.78, 5) is 42.5. The predicted octanol–water partition coefficient (Wildman–Crippen LogP) is 3.25. The number of rotatable bonds is 5. The largest absolute Gasteiger partial charge is 0.350 e. The van der Waals surface area contributed by atoms with Crippen LogP contribution < -0.4 is 5.32 Å². The maximum absolute atomic E-state index is 13.4. The molecule has 0 unspecified atom stereocenters. The third-order valence-electron chi connectivity index (χ3n) is 6.05. The van der Waals surface area contributed by atoms with E-state index in [-0.39, 0.29) is 17.7 Å². The van der Waals surface area contributed by atoms with Crippen LogP contribution in [-0.2, 0) is 16.1 Å². The number of hydrogen-bond acceptors (Lipinski definition) is 3. The van der Waals surface area contributed by atoms with Crippen molar-refractivity contribution in [1.29, 1.82) is 0 Å². The molecule has 2 aliphatic heterocycles. The number of nitrogens with zero attached hydrogens (tertiary/aromatic N) is 2. The number of carbonyl (C=O) groups excluding carboxylic acids is 3. The minimum absolute atomic E-state index is 0.142. The van der Waals surface area contributed by atoms with E-state index in [4.69, 9.17) is 11.6 Å². The topological polar surface area (TPSA) is 69.7 Å². The first-order valence-corrected chi connectivity index (χ1v) is 11.1. The zero-order chi connectivity index (χ0) is 21.8. The van der Waals surface area contributed by atoms with Crippen LogP contribution in [-0.4, -0.2) is 52.7 Å². The quantitative estimate of drug-likeness (QED) is 0.777. The Morgan fingerprint density at radius 2 is 1.52 bits per heavy atom. The zero-order valence-electron chi connectivity index (χ0n) is 17.3. The number of amides is 3. The highest BCUT2D eigenvalue weighted by atomic mass is 35.5. The molecule has 2 aliphatic rings. The first-order chi connectivity index (χ1) is 15.1. The van der Waals surface area contributed by atoms with Gasteiger partial charge in [0.1, 0.15) is 12.1 Å². The number of nitrogens with one attached hydrogen (secondary N) is 1. The molecule has 2 fully saturated rings. The third-order valence-corrected chi connectivity index (χ3v) is 6.38. The molecule has 3 amide bonds. The Kier molecular flexibility index (Phi) is 6.56. The molecule has 31 heavy (non-hydrogen) atoms. The van der Waals surface area contributed by atoms with Gasteiger partial charge in [-0.25, -0.2) is 0 Å². The van der Waals surface area contributed by atoms with Gasteiger partial charge in [0, 0.05) is 19.6 Å². The molecule has 2 atom stereocenters. The molecule has 2 aromatic rings. The summed E-state index contributed by atoms with van der Waals surface area (Å²) in [5.74, 6) is -0.516. The molecule has 0 radical (unpaired) electrons. The number of hydrogen-bond donors (Lipinski definition) is 1. The van der Waals surface area contributed by atoms with Crippen LogP contribution >= 0.6 is 11.6 Å². The highest BCUT2D eigenvalue weighted by molar-refractivity contribution is 6.33. The van der Waals surface area contributed by atoms with Gasteiger partial charge in [-0.2, -0.15) is 0 Å². The van der Waals surface area contributed by atoms with E-state index in [0.29, 0.717) is 43.1 Å². The van der Waals surface area contributed by atoms with E-state index >= 15 is 0 Å². The van der Waals surface area contributed by atoms with E-state index < -0.39 is 12.1 Å². The summed E-state index contributed by atoms with van der Waals surface area (Å²) in [6.45, 7) is 1.48. The van der Waals surface area contributed by atoms with Crippen molar-refractivity contribution < 1.29 is 14.4 Å². The van der Waals surface area contributed by atoms with Crippen molar-refractivity contribution in [2.45, 2.75) is 44.3 Å². The summed E-state index contributed by atoms with van der Waals surface area (Å²) < 4.78 is 0. The van der Waals surface area contributed by atoms with Crippen LogP contribution in [0.4, 0.5) is 0 Å². The third kappa shape index (κ3) is 4.59. The van der Waals surface area contributed by atoms with E-state index in [1.165, 1.54) is 0 Å². The fourth-order valence-corrected chi connectivity index (χ4v) is 4.67. The van der Waals surface area contributed by atoms with Gasteiger partial charge in [-0.3, -0.25) is 14.4 Å². The standard InChI is InChI=1S/C24H26ClN3O3/c25-19-11-5-4-10-18(19)23(30)28-15-7-13-21(28)24(31)27-14-6-12-20(27)22(29)26-16-17-8-2-1-3-9-17/h1-5,8-11,20-21H,6-7,12-16H2,(H,26,29)/t20-,21-/m1/s1. The number of likely N-dealkylation sites (tertiary alicyclic amines) is 2. The smallest absolute Gasteiger partial charge is 0.256 e. The van der Waals surface area contributed by atoms with Crippen LogP contribution in [0.15, 0.2) is 54.6 Å². The Morgan fingerprint density at radius 1 is 0.871 bits per heavy atom. The molecule has 2 saturated heterocycles. The van der Waals surface area contributed by atoms with Gasteiger partial charge in [0.15, 0.2) is 0 Å². The number of carbonyl (C=O) groups is 3. The van der Waals surface area contributed by atoms with E-state index in [2.05, 4.69) is 5.32 Å². The van der Waals surface area contributed by atoms with E-state index in [9.17, 15) is 14.4 Å². The Labute approximate surface area is 187 Å². The van der Waals surface area contributed by atoms with Crippen LogP contribution in [0.25, 0.3) is 0 Å². The van der Waals surface area contributed by atoms with Gasteiger partial charge in [0.05, 0.1) is 10.6 Å². The average Bonchev–Trinajstić information content (AvgIpc) is 3.47. The molecule has 6 nitrogen and oxygen atoms in total. The molecule has 1 N–H and O–H groups in total. The Hall–Kier alpha value is -2.86. The van der Waals surface area contributed by atoms with Crippen LogP contribution in [0.5, 0.6) is 0 Å². The lowest BCUT2D eigenvalue weighted by Gasteiger charge is -2.31. The van der Waals surface area contributed by atoms with Crippen LogP contribution in [0.1, 0.15) is 41.6 Å². The van der Waals surface area contributed by atoms with Crippen molar-refractivity contribution >= 4 is 29.3 Å². The normalized spacial score (nSPS) is 20.7. The maximum Gasteiger partial charge on any atom is 0.256 e. The lowest BCUT2D eigenvalue weighted by atomic mass is 10.1. The van der Waals surface area contributed by atoms with Crippen LogP contribution in [0, 0.1) is 0 Å². The van der Waals surface area contributed by atoms with E-state index in [0.717, 1.165) is 18.4 Å². The van der Waals surface area contributed by atoms with Crippen molar-refractivity contribution in [2.75, 3.05) is 13.1 Å². The van der Waals surface area contributed by atoms with Gasteiger partial charge in [-0.15, -0.1) is 0 Å². The summed E-state index contributed by atoms with van der Waals surface area (Å²) in [6, 6.07) is 15.5. The summed E-state index contributed by atoms with van der Waals surface area (Å²) in [5.41, 5.74) is 1.42. The van der Waals surface area contributed by atoms with Crippen molar-refractivity contribution in [3.05, 3.63) is 70.7 Å². The minimum atomic E-state index is -0.550. The van der Waals surface area contributed by atoms with Crippen molar-refractivity contribution in [2.24, 2.45) is 0 Å². The highest BCUT2D eigenvalue weighted by Gasteiger charge is 2.42. The molecule has 7 heteroatoms. The summed E-state index contributed by atoms with van der Waals surface area (Å²) in [7, 11) is 0. The minimum Gasteiger partial charge on any atom is -0.350 e. The summed E-state index contributed by atoms with van der Waals surface area (Å²) in [5, 5.41) is 3.33. The fourth-order valence-electron chi connectivity index (χ4n) is 4.45. The van der Waals surface area contributed by atoms with Crippen molar-refractivity contribution in [3.63, 3.8) is 0 Å². The fraction of sp³-hybridized carbons (Fsp3) is 0.375. The highest BCUT2D eigenvalue weighted by Crippen LogP contribution is 2.28. The summed E-state index contributed by atoms with van der Waals surface area (Å²) >= 11 is 6.21. The van der Waals surface area contributed by atoms with E-state index in [1.54, 1.807) is 34.1 Å². The van der Waals surface area contributed by atoms with Crippen molar-refractivity contribution in [1.82, 2.24) is 15.1 Å². The zero-order valence-corrected chi connectivity index (χ0v) is 18.1. The monoisotopic (exact) mass is 439 g/mol. The molecule has 2 heterocycles. The first kappa shape index (κ1) is 21.4. The van der Waals surface area contributed by atoms with E-state index in [1.807, 2.05) is 30.3 Å². The van der Waals surface area contributed by atoms with Gasteiger partial charge in [-0.1, -0.05) is 54.1 Å². The molecule has 0 aliphatic carbocycles. The lowest BCUT2D eigenvalue weighted by Crippen LogP contribution is -2.52. The molecular weight excluding hydrogens is 414 g/mol. The van der Waals surface area contributed by atoms with Gasteiger partial charge in [-0.05, 0) is 43.4 Å². The van der Waals surface area contributed by atoms with Crippen molar-refractivity contribution in [3.8, 4) is 0 Å². The SMILES string of the molecule is O=C(NCc1ccccc1)[C@H]1CCCN1C(=O)[C@H]1CCCN1C(=O)c1ccccc1Cl. The van der Waals surface area contributed by atoms with Gasteiger partial charge in [0.2, 0.25) is 11.8 Å². The molecule has 0 saturated carbocycles. The molecule has 0 bridgehead atoms. The van der Waals surface area contributed by atoms with Gasteiger partial charge >= 0.3 is 0 Å². The maximum atomic E-state index is 13.4. The second kappa shape index (κ2) is 9.52. The second-order valence-corrected chi connectivity index (χ2v) is 8.44. The van der Waals surface area contributed by atoms with Gasteiger partial charge in [0.25, 0.3) is 5.91 Å². The molecule has 0 spiro atoms. The Balaban J connectivity index is 1.44. The second-order valence-electron chi connectivity index (χ2n) is 8.03. The number of benzene rings is 2.